The van der Waals surface area contributed by atoms with Crippen LogP contribution in [0, 0.1) is 0 Å². The zero-order valence-corrected chi connectivity index (χ0v) is 19.1. The Morgan fingerprint density at radius 2 is 1.62 bits per heavy atom. The van der Waals surface area contributed by atoms with E-state index in [9.17, 15) is 0 Å². The first-order valence-corrected chi connectivity index (χ1v) is 11.6. The molecule has 0 N–H and O–H groups in total. The van der Waals surface area contributed by atoms with Crippen molar-refractivity contribution in [2.45, 2.75) is 77.0 Å². The number of hydrogen-bond acceptors (Lipinski definition) is 3. The molecule has 3 nitrogen and oxygen atoms in total. The summed E-state index contributed by atoms with van der Waals surface area (Å²) in [5.74, 6) is 2.50. The normalized spacial score (nSPS) is 12.1. The van der Waals surface area contributed by atoms with Gasteiger partial charge in [-0.3, -0.25) is 0 Å². The van der Waals surface area contributed by atoms with Gasteiger partial charge in [0.15, 0.2) is 11.5 Å². The van der Waals surface area contributed by atoms with Crippen LogP contribution in [0.5, 0.6) is 17.2 Å². The molecule has 2 aromatic rings. The van der Waals surface area contributed by atoms with Crippen LogP contribution in [-0.4, -0.2) is 25.7 Å². The zero-order valence-electron chi connectivity index (χ0n) is 18.3. The summed E-state index contributed by atoms with van der Waals surface area (Å²) in [5, 5.41) is 2.43. The van der Waals surface area contributed by atoms with Crippen molar-refractivity contribution < 1.29 is 14.2 Å². The van der Waals surface area contributed by atoms with Gasteiger partial charge in [-0.2, -0.15) is 0 Å². The molecular weight excluding hydrogens is 384 g/mol. The van der Waals surface area contributed by atoms with Crippen molar-refractivity contribution in [2.75, 3.05) is 20.3 Å². The Morgan fingerprint density at radius 3 is 2.38 bits per heavy atom. The molecule has 0 spiro atoms. The highest BCUT2D eigenvalue weighted by atomic mass is 35.5. The standard InChI is InChI=1S/C25H37ClO3/c1-4-6-7-8-10-17-28-22-14-15-23-20(19-22)13-16-24(25(23)27-3)29-18-11-9-12-21(26)5-2/h13-16,19,21H,4-12,17-18H2,1-3H3. The Bertz CT molecular complexity index is 717. The summed E-state index contributed by atoms with van der Waals surface area (Å²) in [6, 6.07) is 10.2. The molecule has 0 aliphatic rings. The number of halogens is 1. The fourth-order valence-electron chi connectivity index (χ4n) is 3.42. The summed E-state index contributed by atoms with van der Waals surface area (Å²) in [5.41, 5.74) is 0. The molecular formula is C25H37ClO3. The molecule has 162 valence electrons. The van der Waals surface area contributed by atoms with Crippen LogP contribution in [0.3, 0.4) is 0 Å². The van der Waals surface area contributed by atoms with Gasteiger partial charge in [-0.1, -0.05) is 45.6 Å². The summed E-state index contributed by atoms with van der Waals surface area (Å²) in [4.78, 5) is 0. The zero-order chi connectivity index (χ0) is 20.9. The number of ether oxygens (including phenoxy) is 3. The van der Waals surface area contributed by atoms with E-state index in [1.54, 1.807) is 7.11 Å². The monoisotopic (exact) mass is 420 g/mol. The van der Waals surface area contributed by atoms with E-state index in [-0.39, 0.29) is 5.38 Å². The molecule has 0 saturated carbocycles. The number of methoxy groups -OCH3 is 1. The van der Waals surface area contributed by atoms with Crippen LogP contribution in [0.25, 0.3) is 10.8 Å². The number of fused-ring (bicyclic) bond motifs is 1. The second kappa shape index (κ2) is 13.6. The maximum absolute atomic E-state index is 6.18. The highest BCUT2D eigenvalue weighted by Crippen LogP contribution is 2.37. The molecule has 0 saturated heterocycles. The fraction of sp³-hybridized carbons (Fsp3) is 0.600. The van der Waals surface area contributed by atoms with Gasteiger partial charge in [0, 0.05) is 10.8 Å². The first kappa shape index (κ1) is 23.7. The van der Waals surface area contributed by atoms with Crippen molar-refractivity contribution in [1.82, 2.24) is 0 Å². The third-order valence-electron chi connectivity index (χ3n) is 5.24. The molecule has 2 rings (SSSR count). The minimum Gasteiger partial charge on any atom is -0.494 e. The van der Waals surface area contributed by atoms with E-state index in [2.05, 4.69) is 32.0 Å². The van der Waals surface area contributed by atoms with Crippen molar-refractivity contribution >= 4 is 22.4 Å². The number of alkyl halides is 1. The molecule has 29 heavy (non-hydrogen) atoms. The molecule has 4 heteroatoms. The quantitative estimate of drug-likeness (QED) is 0.217. The molecule has 0 bridgehead atoms. The lowest BCUT2D eigenvalue weighted by Crippen LogP contribution is -2.02. The average molecular weight is 421 g/mol. The van der Waals surface area contributed by atoms with E-state index < -0.39 is 0 Å². The SMILES string of the molecule is CCCCCCCOc1ccc2c(OC)c(OCCCCC(Cl)CC)ccc2c1. The van der Waals surface area contributed by atoms with Crippen molar-refractivity contribution in [3.63, 3.8) is 0 Å². The van der Waals surface area contributed by atoms with E-state index in [1.165, 1.54) is 25.7 Å². The van der Waals surface area contributed by atoms with E-state index in [4.69, 9.17) is 25.8 Å². The van der Waals surface area contributed by atoms with Gasteiger partial charge in [-0.15, -0.1) is 11.6 Å². The first-order chi connectivity index (χ1) is 14.2. The maximum Gasteiger partial charge on any atom is 0.168 e. The number of rotatable bonds is 15. The Hall–Kier alpha value is -1.61. The number of benzene rings is 2. The second-order valence-electron chi connectivity index (χ2n) is 7.59. The van der Waals surface area contributed by atoms with Gasteiger partial charge in [0.1, 0.15) is 5.75 Å². The lowest BCUT2D eigenvalue weighted by molar-refractivity contribution is 0.286. The molecule has 0 radical (unpaired) electrons. The van der Waals surface area contributed by atoms with Crippen LogP contribution >= 0.6 is 11.6 Å². The molecule has 1 atom stereocenters. The van der Waals surface area contributed by atoms with Crippen molar-refractivity contribution in [2.24, 2.45) is 0 Å². The number of hydrogen-bond donors (Lipinski definition) is 0. The van der Waals surface area contributed by atoms with Gasteiger partial charge in [0.25, 0.3) is 0 Å². The lowest BCUT2D eigenvalue weighted by atomic mass is 10.1. The van der Waals surface area contributed by atoms with Crippen LogP contribution in [0.4, 0.5) is 0 Å². The highest BCUT2D eigenvalue weighted by molar-refractivity contribution is 6.20. The van der Waals surface area contributed by atoms with Crippen LogP contribution in [-0.2, 0) is 0 Å². The predicted molar refractivity (Wildman–Crippen MR) is 124 cm³/mol. The van der Waals surface area contributed by atoms with Gasteiger partial charge in [0.05, 0.1) is 20.3 Å². The topological polar surface area (TPSA) is 27.7 Å². The second-order valence-corrected chi connectivity index (χ2v) is 8.21. The first-order valence-electron chi connectivity index (χ1n) is 11.2. The summed E-state index contributed by atoms with van der Waals surface area (Å²) < 4.78 is 17.6. The molecule has 0 fully saturated rings. The minimum absolute atomic E-state index is 0.276. The third-order valence-corrected chi connectivity index (χ3v) is 5.77. The number of unbranched alkanes of at least 4 members (excludes halogenated alkanes) is 5. The molecule has 2 aromatic carbocycles. The van der Waals surface area contributed by atoms with E-state index >= 15 is 0 Å². The Morgan fingerprint density at radius 1 is 0.862 bits per heavy atom. The summed E-state index contributed by atoms with van der Waals surface area (Å²) in [6.45, 7) is 5.81. The van der Waals surface area contributed by atoms with Crippen molar-refractivity contribution in [3.05, 3.63) is 30.3 Å². The third kappa shape index (κ3) is 7.97. The van der Waals surface area contributed by atoms with Gasteiger partial charge in [-0.25, -0.2) is 0 Å². The highest BCUT2D eigenvalue weighted by Gasteiger charge is 2.11. The molecule has 0 aliphatic carbocycles. The van der Waals surface area contributed by atoms with Crippen LogP contribution in [0.2, 0.25) is 0 Å². The molecule has 0 amide bonds. The largest absolute Gasteiger partial charge is 0.494 e. The predicted octanol–water partition coefficient (Wildman–Crippen LogP) is 7.76. The summed E-state index contributed by atoms with van der Waals surface area (Å²) in [6.07, 6.45) is 10.4. The molecule has 0 aliphatic heterocycles. The fourth-order valence-corrected chi connectivity index (χ4v) is 3.58. The minimum atomic E-state index is 0.276. The Kier molecular flexibility index (Phi) is 11.1. The average Bonchev–Trinajstić information content (AvgIpc) is 2.75. The van der Waals surface area contributed by atoms with Crippen LogP contribution in [0.1, 0.15) is 71.6 Å². The van der Waals surface area contributed by atoms with E-state index in [0.717, 1.165) is 66.7 Å². The van der Waals surface area contributed by atoms with Gasteiger partial charge < -0.3 is 14.2 Å². The van der Waals surface area contributed by atoms with Gasteiger partial charge >= 0.3 is 0 Å². The Labute approximate surface area is 181 Å². The van der Waals surface area contributed by atoms with Crippen LogP contribution in [0.15, 0.2) is 30.3 Å². The van der Waals surface area contributed by atoms with Gasteiger partial charge in [-0.05, 0) is 61.8 Å². The van der Waals surface area contributed by atoms with E-state index in [1.807, 2.05) is 12.1 Å². The maximum atomic E-state index is 6.18. The van der Waals surface area contributed by atoms with E-state index in [0.29, 0.717) is 6.61 Å². The molecule has 1 unspecified atom stereocenters. The van der Waals surface area contributed by atoms with Crippen molar-refractivity contribution in [1.29, 1.82) is 0 Å². The van der Waals surface area contributed by atoms with Crippen molar-refractivity contribution in [3.8, 4) is 17.2 Å². The summed E-state index contributed by atoms with van der Waals surface area (Å²) >= 11 is 6.18. The lowest BCUT2D eigenvalue weighted by Gasteiger charge is -2.14. The Balaban J connectivity index is 1.90. The summed E-state index contributed by atoms with van der Waals surface area (Å²) in [7, 11) is 1.70. The molecule has 0 heterocycles. The molecule has 0 aromatic heterocycles. The van der Waals surface area contributed by atoms with Gasteiger partial charge in [0.2, 0.25) is 0 Å². The smallest absolute Gasteiger partial charge is 0.168 e. The van der Waals surface area contributed by atoms with Crippen LogP contribution < -0.4 is 14.2 Å².